The van der Waals surface area contributed by atoms with Crippen LogP contribution in [-0.2, 0) is 14.9 Å². The van der Waals surface area contributed by atoms with Crippen molar-refractivity contribution in [2.45, 2.75) is 30.8 Å². The molecule has 0 aromatic heterocycles. The van der Waals surface area contributed by atoms with Gasteiger partial charge in [-0.3, -0.25) is 9.69 Å². The first-order valence-corrected chi connectivity index (χ1v) is 8.38. The lowest BCUT2D eigenvalue weighted by Crippen LogP contribution is -2.68. The van der Waals surface area contributed by atoms with Crippen molar-refractivity contribution in [1.29, 1.82) is 0 Å². The first-order chi connectivity index (χ1) is 11.1. The van der Waals surface area contributed by atoms with Crippen LogP contribution >= 0.6 is 0 Å². The summed E-state index contributed by atoms with van der Waals surface area (Å²) in [7, 11) is 2.09. The third kappa shape index (κ3) is 2.77. The van der Waals surface area contributed by atoms with Gasteiger partial charge < -0.3 is 14.7 Å². The maximum absolute atomic E-state index is 12.5. The van der Waals surface area contributed by atoms with Crippen LogP contribution in [0.5, 0.6) is 0 Å². The number of hydrogen-bond donors (Lipinski definition) is 1. The molecule has 1 aromatic carbocycles. The number of rotatable bonds is 3. The zero-order chi connectivity index (χ0) is 16.4. The van der Waals surface area contributed by atoms with Gasteiger partial charge in [0.15, 0.2) is 0 Å². The van der Waals surface area contributed by atoms with E-state index in [1.165, 1.54) is 0 Å². The fourth-order valence-electron chi connectivity index (χ4n) is 4.24. The van der Waals surface area contributed by atoms with E-state index >= 15 is 0 Å². The molecular formula is C18H26N2O3. The van der Waals surface area contributed by atoms with E-state index in [1.807, 2.05) is 30.3 Å². The average molecular weight is 318 g/mol. The zero-order valence-corrected chi connectivity index (χ0v) is 13.9. The number of benzene rings is 1. The van der Waals surface area contributed by atoms with Gasteiger partial charge in [-0.15, -0.1) is 0 Å². The fraction of sp³-hybridized carbons (Fsp3) is 0.611. The Labute approximate surface area is 137 Å². The molecule has 5 nitrogen and oxygen atoms in total. The highest BCUT2D eigenvalue weighted by Crippen LogP contribution is 2.41. The highest BCUT2D eigenvalue weighted by molar-refractivity contribution is 5.83. The molecule has 2 saturated heterocycles. The van der Waals surface area contributed by atoms with E-state index in [0.29, 0.717) is 19.6 Å². The van der Waals surface area contributed by atoms with E-state index in [-0.39, 0.29) is 12.1 Å². The molecule has 3 unspecified atom stereocenters. The molecule has 3 atom stereocenters. The van der Waals surface area contributed by atoms with Crippen LogP contribution in [-0.4, -0.2) is 72.9 Å². The molecular weight excluding hydrogens is 292 g/mol. The van der Waals surface area contributed by atoms with E-state index in [1.54, 1.807) is 0 Å². The Morgan fingerprint density at radius 1 is 1.22 bits per heavy atom. The minimum Gasteiger partial charge on any atom is -0.481 e. The highest BCUT2D eigenvalue weighted by atomic mass is 16.5. The predicted molar refractivity (Wildman–Crippen MR) is 88.6 cm³/mol. The molecule has 5 heteroatoms. The summed E-state index contributed by atoms with van der Waals surface area (Å²) in [5.74, 6) is -0.708. The fourth-order valence-corrected chi connectivity index (χ4v) is 4.24. The predicted octanol–water partition coefficient (Wildman–Crippen LogP) is 1.43. The number of nitrogens with zero attached hydrogens (tertiary/aromatic N) is 2. The number of carboxylic acids is 1. The molecule has 1 aromatic rings. The van der Waals surface area contributed by atoms with Crippen molar-refractivity contribution in [3.05, 3.63) is 35.9 Å². The third-order valence-corrected chi connectivity index (χ3v) is 5.63. The summed E-state index contributed by atoms with van der Waals surface area (Å²) in [5, 5.41) is 10.3. The maximum atomic E-state index is 12.5. The second kappa shape index (κ2) is 6.59. The molecule has 0 spiro atoms. The average Bonchev–Trinajstić information content (AvgIpc) is 2.58. The van der Waals surface area contributed by atoms with Gasteiger partial charge in [0.1, 0.15) is 5.41 Å². The third-order valence-electron chi connectivity index (χ3n) is 5.63. The Morgan fingerprint density at radius 2 is 1.87 bits per heavy atom. The number of carbonyl (C=O) groups is 1. The lowest BCUT2D eigenvalue weighted by atomic mass is 9.66. The number of likely N-dealkylation sites (N-methyl/N-ethyl adjacent to an activating group) is 1. The van der Waals surface area contributed by atoms with Gasteiger partial charge in [0, 0.05) is 25.2 Å². The van der Waals surface area contributed by atoms with Crippen LogP contribution in [0.3, 0.4) is 0 Å². The largest absolute Gasteiger partial charge is 0.481 e. The summed E-state index contributed by atoms with van der Waals surface area (Å²) in [4.78, 5) is 17.1. The SMILES string of the molecule is CC1C(N2CCOCC2)C(C(=O)O)(c2ccccc2)CCN1C. The van der Waals surface area contributed by atoms with Crippen molar-refractivity contribution < 1.29 is 14.6 Å². The Morgan fingerprint density at radius 3 is 2.48 bits per heavy atom. The Kier molecular flexibility index (Phi) is 4.71. The number of likely N-dealkylation sites (tertiary alicyclic amines) is 1. The number of aliphatic carboxylic acids is 1. The summed E-state index contributed by atoms with van der Waals surface area (Å²) in [6.45, 7) is 5.90. The first kappa shape index (κ1) is 16.4. The molecule has 126 valence electrons. The summed E-state index contributed by atoms with van der Waals surface area (Å²) in [6.07, 6.45) is 0.634. The van der Waals surface area contributed by atoms with Crippen LogP contribution in [0.15, 0.2) is 30.3 Å². The van der Waals surface area contributed by atoms with Crippen LogP contribution in [0.2, 0.25) is 0 Å². The molecule has 0 amide bonds. The standard InChI is InChI=1S/C18H26N2O3/c1-14-16(20-10-12-23-13-11-20)18(17(21)22,8-9-19(14)2)15-6-4-3-5-7-15/h3-7,14,16H,8-13H2,1-2H3,(H,21,22). The normalized spacial score (nSPS) is 33.5. The van der Waals surface area contributed by atoms with Crippen LogP contribution < -0.4 is 0 Å². The Hall–Kier alpha value is -1.43. The quantitative estimate of drug-likeness (QED) is 0.914. The second-order valence-corrected chi connectivity index (χ2v) is 6.71. The molecule has 0 saturated carbocycles. The van der Waals surface area contributed by atoms with Gasteiger partial charge >= 0.3 is 5.97 Å². The number of hydrogen-bond acceptors (Lipinski definition) is 4. The number of piperidine rings is 1. The van der Waals surface area contributed by atoms with Gasteiger partial charge in [-0.05, 0) is 32.5 Å². The van der Waals surface area contributed by atoms with Crippen LogP contribution in [0.4, 0.5) is 0 Å². The maximum Gasteiger partial charge on any atom is 0.315 e. The van der Waals surface area contributed by atoms with Crippen molar-refractivity contribution >= 4 is 5.97 Å². The molecule has 23 heavy (non-hydrogen) atoms. The van der Waals surface area contributed by atoms with E-state index in [4.69, 9.17) is 4.74 Å². The number of carboxylic acid groups (broad SMARTS) is 1. The van der Waals surface area contributed by atoms with Crippen molar-refractivity contribution in [3.8, 4) is 0 Å². The van der Waals surface area contributed by atoms with Crippen LogP contribution in [0.25, 0.3) is 0 Å². The smallest absolute Gasteiger partial charge is 0.315 e. The monoisotopic (exact) mass is 318 g/mol. The molecule has 2 aliphatic rings. The van der Waals surface area contributed by atoms with Gasteiger partial charge in [0.05, 0.1) is 13.2 Å². The van der Waals surface area contributed by atoms with Gasteiger partial charge in [-0.25, -0.2) is 0 Å². The molecule has 1 N–H and O–H groups in total. The van der Waals surface area contributed by atoms with E-state index < -0.39 is 11.4 Å². The molecule has 2 aliphatic heterocycles. The second-order valence-electron chi connectivity index (χ2n) is 6.71. The molecule has 0 aliphatic carbocycles. The van der Waals surface area contributed by atoms with Crippen molar-refractivity contribution in [1.82, 2.24) is 9.80 Å². The summed E-state index contributed by atoms with van der Waals surface area (Å²) in [5.41, 5.74) is 0.0637. The van der Waals surface area contributed by atoms with Gasteiger partial charge in [0.2, 0.25) is 0 Å². The van der Waals surface area contributed by atoms with Crippen molar-refractivity contribution in [3.63, 3.8) is 0 Å². The topological polar surface area (TPSA) is 53.0 Å². The van der Waals surface area contributed by atoms with Crippen molar-refractivity contribution in [2.75, 3.05) is 39.9 Å². The van der Waals surface area contributed by atoms with Gasteiger partial charge in [0.25, 0.3) is 0 Å². The van der Waals surface area contributed by atoms with Gasteiger partial charge in [-0.2, -0.15) is 0 Å². The van der Waals surface area contributed by atoms with E-state index in [9.17, 15) is 9.90 Å². The summed E-state index contributed by atoms with van der Waals surface area (Å²) < 4.78 is 5.48. The molecule has 0 radical (unpaired) electrons. The molecule has 2 heterocycles. The van der Waals surface area contributed by atoms with Gasteiger partial charge in [-0.1, -0.05) is 30.3 Å². The van der Waals surface area contributed by atoms with Crippen molar-refractivity contribution in [2.24, 2.45) is 0 Å². The summed E-state index contributed by atoms with van der Waals surface area (Å²) in [6, 6.07) is 9.90. The Balaban J connectivity index is 2.08. The molecule has 2 fully saturated rings. The Bertz CT molecular complexity index is 544. The zero-order valence-electron chi connectivity index (χ0n) is 13.9. The molecule has 0 bridgehead atoms. The number of morpholine rings is 1. The lowest BCUT2D eigenvalue weighted by molar-refractivity contribution is -0.153. The van der Waals surface area contributed by atoms with Crippen LogP contribution in [0.1, 0.15) is 18.9 Å². The first-order valence-electron chi connectivity index (χ1n) is 8.38. The molecule has 3 rings (SSSR count). The van der Waals surface area contributed by atoms with E-state index in [2.05, 4.69) is 23.8 Å². The minimum atomic E-state index is -0.857. The lowest BCUT2D eigenvalue weighted by Gasteiger charge is -2.53. The van der Waals surface area contributed by atoms with Crippen LogP contribution in [0, 0.1) is 0 Å². The van der Waals surface area contributed by atoms with E-state index in [0.717, 1.165) is 25.2 Å². The summed E-state index contributed by atoms with van der Waals surface area (Å²) >= 11 is 0. The minimum absolute atomic E-state index is 0.0509. The highest BCUT2D eigenvalue weighted by Gasteiger charge is 2.55. The number of ether oxygens (including phenoxy) is 1.